The van der Waals surface area contributed by atoms with Gasteiger partial charge in [-0.15, -0.1) is 0 Å². The normalized spacial score (nSPS) is 11.1. The zero-order valence-electron chi connectivity index (χ0n) is 11.0. The lowest BCUT2D eigenvalue weighted by molar-refractivity contribution is 0.848. The smallest absolute Gasteiger partial charge is 0.115 e. The van der Waals surface area contributed by atoms with Gasteiger partial charge in [0.2, 0.25) is 0 Å². The van der Waals surface area contributed by atoms with Crippen molar-refractivity contribution in [3.05, 3.63) is 59.9 Å². The average Bonchev–Trinajstić information content (AvgIpc) is 2.78. The van der Waals surface area contributed by atoms with Gasteiger partial charge in [0, 0.05) is 12.1 Å². The lowest BCUT2D eigenvalue weighted by atomic mass is 10.2. The Balaban J connectivity index is 2.24. The average molecular weight is 251 g/mol. The molecule has 0 spiro atoms. The first-order valence-electron chi connectivity index (χ1n) is 6.53. The van der Waals surface area contributed by atoms with E-state index in [2.05, 4.69) is 46.8 Å². The van der Waals surface area contributed by atoms with Crippen LogP contribution in [0.5, 0.6) is 0 Å². The first kappa shape index (κ1) is 11.9. The molecule has 0 bridgehead atoms. The second-order valence-electron chi connectivity index (χ2n) is 4.73. The third kappa shape index (κ3) is 2.13. The van der Waals surface area contributed by atoms with Crippen LogP contribution >= 0.6 is 0 Å². The minimum absolute atomic E-state index is 0.606. The highest BCUT2D eigenvalue weighted by Gasteiger charge is 2.10. The van der Waals surface area contributed by atoms with Gasteiger partial charge in [-0.25, -0.2) is 4.98 Å². The van der Waals surface area contributed by atoms with Crippen molar-refractivity contribution >= 4 is 11.0 Å². The van der Waals surface area contributed by atoms with Crippen molar-refractivity contribution in [1.82, 2.24) is 9.55 Å². The Labute approximate surface area is 112 Å². The topological polar surface area (TPSA) is 43.8 Å². The molecule has 0 atom stereocenters. The molecule has 3 heteroatoms. The fourth-order valence-electron chi connectivity index (χ4n) is 2.35. The van der Waals surface area contributed by atoms with Gasteiger partial charge in [-0.1, -0.05) is 29.8 Å². The number of aryl methyl sites for hydroxylation is 1. The lowest BCUT2D eigenvalue weighted by Crippen LogP contribution is -2.08. The number of nitrogens with zero attached hydrogens (tertiary/aromatic N) is 2. The maximum absolute atomic E-state index is 5.70. The quantitative estimate of drug-likeness (QED) is 0.778. The van der Waals surface area contributed by atoms with Gasteiger partial charge in [0.25, 0.3) is 0 Å². The molecule has 0 amide bonds. The Morgan fingerprint density at radius 3 is 2.53 bits per heavy atom. The molecule has 0 fully saturated rings. The molecule has 0 saturated carbocycles. The first-order chi connectivity index (χ1) is 9.29. The summed E-state index contributed by atoms with van der Waals surface area (Å²) in [5, 5.41) is 0. The third-order valence-electron chi connectivity index (χ3n) is 3.29. The van der Waals surface area contributed by atoms with E-state index >= 15 is 0 Å². The molecule has 1 heterocycles. The van der Waals surface area contributed by atoms with Crippen molar-refractivity contribution in [2.45, 2.75) is 13.3 Å². The zero-order valence-corrected chi connectivity index (χ0v) is 11.0. The maximum atomic E-state index is 5.70. The molecule has 0 aliphatic carbocycles. The summed E-state index contributed by atoms with van der Waals surface area (Å²) < 4.78 is 2.20. The van der Waals surface area contributed by atoms with Crippen LogP contribution in [0.4, 0.5) is 0 Å². The van der Waals surface area contributed by atoms with Crippen LogP contribution < -0.4 is 5.73 Å². The minimum atomic E-state index is 0.606. The van der Waals surface area contributed by atoms with E-state index in [4.69, 9.17) is 5.73 Å². The molecule has 0 aliphatic rings. The number of hydrogen-bond donors (Lipinski definition) is 1. The van der Waals surface area contributed by atoms with E-state index < -0.39 is 0 Å². The number of benzene rings is 2. The molecule has 3 rings (SSSR count). The van der Waals surface area contributed by atoms with Crippen LogP contribution in [0.15, 0.2) is 48.5 Å². The van der Waals surface area contributed by atoms with Crippen LogP contribution in [0.2, 0.25) is 0 Å². The van der Waals surface area contributed by atoms with Gasteiger partial charge in [0.1, 0.15) is 5.82 Å². The maximum Gasteiger partial charge on any atom is 0.115 e. The predicted octanol–water partition coefficient (Wildman–Crippen LogP) is 2.84. The third-order valence-corrected chi connectivity index (χ3v) is 3.29. The molecule has 0 saturated heterocycles. The number of imidazole rings is 1. The Hall–Kier alpha value is -2.13. The fraction of sp³-hybridized carbons (Fsp3) is 0.188. The summed E-state index contributed by atoms with van der Waals surface area (Å²) in [6, 6.07) is 16.7. The van der Waals surface area contributed by atoms with Crippen molar-refractivity contribution in [2.24, 2.45) is 5.73 Å². The highest BCUT2D eigenvalue weighted by molar-refractivity contribution is 5.78. The first-order valence-corrected chi connectivity index (χ1v) is 6.53. The number of para-hydroxylation sites is 2. The largest absolute Gasteiger partial charge is 0.330 e. The summed E-state index contributed by atoms with van der Waals surface area (Å²) in [5.41, 5.74) is 10.3. The van der Waals surface area contributed by atoms with Crippen LogP contribution in [0, 0.1) is 6.92 Å². The Kier molecular flexibility index (Phi) is 3.05. The Bertz CT molecular complexity index is 696. The fourth-order valence-corrected chi connectivity index (χ4v) is 2.35. The van der Waals surface area contributed by atoms with Crippen LogP contribution in [-0.2, 0) is 6.42 Å². The molecule has 2 N–H and O–H groups in total. The molecule has 0 unspecified atom stereocenters. The molecule has 1 aromatic heterocycles. The monoisotopic (exact) mass is 251 g/mol. The number of rotatable bonds is 3. The summed E-state index contributed by atoms with van der Waals surface area (Å²) in [5.74, 6) is 1.02. The molecule has 3 aromatic rings. The summed E-state index contributed by atoms with van der Waals surface area (Å²) in [4.78, 5) is 4.68. The number of fused-ring (bicyclic) bond motifs is 1. The van der Waals surface area contributed by atoms with E-state index in [0.29, 0.717) is 6.54 Å². The summed E-state index contributed by atoms with van der Waals surface area (Å²) >= 11 is 0. The van der Waals surface area contributed by atoms with Gasteiger partial charge >= 0.3 is 0 Å². The lowest BCUT2D eigenvalue weighted by Gasteiger charge is -2.09. The number of aromatic nitrogens is 2. The predicted molar refractivity (Wildman–Crippen MR) is 78.6 cm³/mol. The van der Waals surface area contributed by atoms with Crippen LogP contribution in [0.3, 0.4) is 0 Å². The standard InChI is InChI=1S/C16H17N3/c1-12-6-8-13(9-7-12)19-15-5-3-2-4-14(15)18-16(19)10-11-17/h2-9H,10-11,17H2,1H3. The van der Waals surface area contributed by atoms with E-state index in [9.17, 15) is 0 Å². The molecule has 3 nitrogen and oxygen atoms in total. The van der Waals surface area contributed by atoms with Gasteiger partial charge < -0.3 is 5.73 Å². The van der Waals surface area contributed by atoms with Gasteiger partial charge in [-0.2, -0.15) is 0 Å². The Morgan fingerprint density at radius 2 is 1.79 bits per heavy atom. The molecule has 2 aromatic carbocycles. The molecule has 19 heavy (non-hydrogen) atoms. The summed E-state index contributed by atoms with van der Waals surface area (Å²) in [7, 11) is 0. The van der Waals surface area contributed by atoms with Crippen molar-refractivity contribution in [3.63, 3.8) is 0 Å². The molecular formula is C16H17N3. The van der Waals surface area contributed by atoms with Gasteiger partial charge in [0.05, 0.1) is 11.0 Å². The Morgan fingerprint density at radius 1 is 1.05 bits per heavy atom. The van der Waals surface area contributed by atoms with Crippen molar-refractivity contribution in [3.8, 4) is 5.69 Å². The zero-order chi connectivity index (χ0) is 13.2. The summed E-state index contributed by atoms with van der Waals surface area (Å²) in [6.45, 7) is 2.70. The molecule has 96 valence electrons. The second-order valence-corrected chi connectivity index (χ2v) is 4.73. The van der Waals surface area contributed by atoms with E-state index in [1.807, 2.05) is 18.2 Å². The molecule has 0 aliphatic heterocycles. The highest BCUT2D eigenvalue weighted by atomic mass is 15.1. The van der Waals surface area contributed by atoms with Crippen LogP contribution in [-0.4, -0.2) is 16.1 Å². The molecular weight excluding hydrogens is 234 g/mol. The van der Waals surface area contributed by atoms with Crippen LogP contribution in [0.1, 0.15) is 11.4 Å². The van der Waals surface area contributed by atoms with Gasteiger partial charge in [-0.3, -0.25) is 4.57 Å². The van der Waals surface area contributed by atoms with Crippen LogP contribution in [0.25, 0.3) is 16.7 Å². The van der Waals surface area contributed by atoms with Gasteiger partial charge in [-0.05, 0) is 37.7 Å². The van der Waals surface area contributed by atoms with E-state index in [0.717, 1.165) is 29.0 Å². The number of hydrogen-bond acceptors (Lipinski definition) is 2. The highest BCUT2D eigenvalue weighted by Crippen LogP contribution is 2.21. The number of nitrogens with two attached hydrogens (primary N) is 1. The van der Waals surface area contributed by atoms with Crippen molar-refractivity contribution in [1.29, 1.82) is 0 Å². The SMILES string of the molecule is Cc1ccc(-n2c(CCN)nc3ccccc32)cc1. The summed E-state index contributed by atoms with van der Waals surface area (Å²) in [6.07, 6.45) is 0.780. The minimum Gasteiger partial charge on any atom is -0.330 e. The van der Waals surface area contributed by atoms with E-state index in [-0.39, 0.29) is 0 Å². The second kappa shape index (κ2) is 4.86. The van der Waals surface area contributed by atoms with Crippen molar-refractivity contribution in [2.75, 3.05) is 6.54 Å². The molecule has 0 radical (unpaired) electrons. The van der Waals surface area contributed by atoms with Crippen molar-refractivity contribution < 1.29 is 0 Å². The van der Waals surface area contributed by atoms with E-state index in [1.165, 1.54) is 5.56 Å². The van der Waals surface area contributed by atoms with E-state index in [1.54, 1.807) is 0 Å². The van der Waals surface area contributed by atoms with Gasteiger partial charge in [0.15, 0.2) is 0 Å².